The molecule has 2 aliphatic heterocycles. The van der Waals surface area contributed by atoms with Gasteiger partial charge in [-0.15, -0.1) is 0 Å². The molecule has 55 heavy (non-hydrogen) atoms. The Labute approximate surface area is 321 Å². The Morgan fingerprint density at radius 1 is 0.836 bits per heavy atom. The predicted octanol–water partition coefficient (Wildman–Crippen LogP) is 8.11. The summed E-state index contributed by atoms with van der Waals surface area (Å²) >= 11 is 6.10. The van der Waals surface area contributed by atoms with Crippen molar-refractivity contribution in [2.75, 3.05) is 35.9 Å². The second-order valence-electron chi connectivity index (χ2n) is 14.8. The van der Waals surface area contributed by atoms with Gasteiger partial charge in [-0.2, -0.15) is 10.2 Å². The van der Waals surface area contributed by atoms with E-state index in [0.717, 1.165) is 16.7 Å². The molecule has 0 bridgehead atoms. The second kappa shape index (κ2) is 13.5. The van der Waals surface area contributed by atoms with Gasteiger partial charge in [0.25, 0.3) is 0 Å². The topological polar surface area (TPSA) is 132 Å². The number of halogens is 2. The number of phenolic OH excluding ortho intramolecular Hbond substituents is 1. The Hall–Kier alpha value is -5.88. The van der Waals surface area contributed by atoms with Crippen LogP contribution in [0.2, 0.25) is 5.02 Å². The van der Waals surface area contributed by atoms with Crippen LogP contribution in [0.15, 0.2) is 107 Å². The summed E-state index contributed by atoms with van der Waals surface area (Å²) in [6.07, 6.45) is 2.23. The summed E-state index contributed by atoms with van der Waals surface area (Å²) in [5.41, 5.74) is 2.42. The predicted molar refractivity (Wildman–Crippen MR) is 205 cm³/mol. The van der Waals surface area contributed by atoms with Crippen molar-refractivity contribution >= 4 is 63.7 Å². The van der Waals surface area contributed by atoms with Gasteiger partial charge in [0.1, 0.15) is 17.3 Å². The number of rotatable bonds is 7. The standard InChI is InChI=1S/C42H37ClFN5O6/c1-42-32(39(52)49(41(42)54)26-13-18-34(44)33(43)19-26)21-31-28(37(42)29-15-14-27(55-4)20-35(29)50)16-17-30-36(31)40(53)48(38(30)51)25-11-7-23(8-12-25)46-45-22-5-9-24(10-6-22)47(2)3/h5-16,18-20,30-32,36-37,50H,17,21H2,1-4H3. The number of azo groups is 1. The SMILES string of the molecule is COc1ccc(C2C3=CCC4C(=O)N(c5ccc(N=Nc6ccc(N(C)C)cc6)cc5)C(=O)C4C3CC3C(=O)N(c4ccc(F)c(Cl)c4)C(=O)C32C)c(O)c1. The molecular formula is C42H37ClFN5O6. The van der Waals surface area contributed by atoms with Gasteiger partial charge < -0.3 is 14.7 Å². The quantitative estimate of drug-likeness (QED) is 0.114. The molecule has 13 heteroatoms. The van der Waals surface area contributed by atoms with Crippen LogP contribution in [0.5, 0.6) is 11.5 Å². The van der Waals surface area contributed by atoms with Crippen molar-refractivity contribution in [1.29, 1.82) is 0 Å². The van der Waals surface area contributed by atoms with Gasteiger partial charge in [0.2, 0.25) is 23.6 Å². The van der Waals surface area contributed by atoms with Crippen LogP contribution in [-0.2, 0) is 19.2 Å². The van der Waals surface area contributed by atoms with Gasteiger partial charge in [0.05, 0.1) is 58.1 Å². The maximum Gasteiger partial charge on any atom is 0.241 e. The number of hydrogen-bond donors (Lipinski definition) is 1. The number of nitrogens with zero attached hydrogens (tertiary/aromatic N) is 5. The van der Waals surface area contributed by atoms with E-state index in [4.69, 9.17) is 16.3 Å². The first-order chi connectivity index (χ1) is 26.3. The first-order valence-corrected chi connectivity index (χ1v) is 18.3. The minimum absolute atomic E-state index is 0.106. The molecule has 4 aliphatic rings. The molecule has 2 saturated heterocycles. The largest absolute Gasteiger partial charge is 0.508 e. The van der Waals surface area contributed by atoms with Crippen LogP contribution in [0.1, 0.15) is 31.2 Å². The number of benzene rings is 4. The van der Waals surface area contributed by atoms with E-state index in [1.165, 1.54) is 30.2 Å². The summed E-state index contributed by atoms with van der Waals surface area (Å²) < 4.78 is 19.5. The van der Waals surface area contributed by atoms with Crippen molar-refractivity contribution < 1.29 is 33.4 Å². The van der Waals surface area contributed by atoms with Crippen LogP contribution in [0, 0.1) is 34.9 Å². The molecule has 2 heterocycles. The van der Waals surface area contributed by atoms with Crippen LogP contribution in [0.25, 0.3) is 0 Å². The minimum Gasteiger partial charge on any atom is -0.508 e. The van der Waals surface area contributed by atoms with Crippen molar-refractivity contribution in [3.63, 3.8) is 0 Å². The zero-order chi connectivity index (χ0) is 38.9. The zero-order valence-corrected chi connectivity index (χ0v) is 31.2. The van der Waals surface area contributed by atoms with Gasteiger partial charge in [-0.1, -0.05) is 29.3 Å². The molecule has 0 aromatic heterocycles. The number of ether oxygens (including phenoxy) is 1. The van der Waals surface area contributed by atoms with Crippen molar-refractivity contribution in [3.05, 3.63) is 113 Å². The number of anilines is 3. The van der Waals surface area contributed by atoms with E-state index in [9.17, 15) is 28.7 Å². The average Bonchev–Trinajstić information content (AvgIpc) is 3.55. The fourth-order valence-electron chi connectivity index (χ4n) is 8.98. The Balaban J connectivity index is 1.14. The first-order valence-electron chi connectivity index (χ1n) is 17.9. The van der Waals surface area contributed by atoms with Crippen LogP contribution in [0.3, 0.4) is 0 Å². The molecule has 4 aromatic carbocycles. The summed E-state index contributed by atoms with van der Waals surface area (Å²) in [6, 6.07) is 22.7. The normalized spacial score (nSPS) is 25.9. The molecule has 4 aromatic rings. The number of hydrogen-bond acceptors (Lipinski definition) is 9. The number of fused-ring (bicyclic) bond motifs is 4. The molecule has 6 atom stereocenters. The number of carbonyl (C=O) groups excluding carboxylic acids is 4. The lowest BCUT2D eigenvalue weighted by atomic mass is 9.51. The third kappa shape index (κ3) is 5.69. The lowest BCUT2D eigenvalue weighted by molar-refractivity contribution is -0.131. The van der Waals surface area contributed by atoms with E-state index in [-0.39, 0.29) is 35.2 Å². The molecule has 0 radical (unpaired) electrons. The van der Waals surface area contributed by atoms with E-state index in [2.05, 4.69) is 10.2 Å². The average molecular weight is 762 g/mol. The Morgan fingerprint density at radius 3 is 2.11 bits per heavy atom. The number of aromatic hydroxyl groups is 1. The van der Waals surface area contributed by atoms with Crippen molar-refractivity contribution in [3.8, 4) is 11.5 Å². The molecule has 0 spiro atoms. The summed E-state index contributed by atoms with van der Waals surface area (Å²) in [7, 11) is 5.37. The fourth-order valence-corrected chi connectivity index (χ4v) is 9.15. The Morgan fingerprint density at radius 2 is 1.49 bits per heavy atom. The minimum atomic E-state index is -1.41. The number of phenols is 1. The smallest absolute Gasteiger partial charge is 0.241 e. The van der Waals surface area contributed by atoms with E-state index >= 15 is 0 Å². The molecule has 4 amide bonds. The van der Waals surface area contributed by atoms with E-state index in [0.29, 0.717) is 33.9 Å². The fraction of sp³-hybridized carbons (Fsp3) is 0.286. The van der Waals surface area contributed by atoms with Crippen molar-refractivity contribution in [2.24, 2.45) is 39.3 Å². The van der Waals surface area contributed by atoms with Crippen LogP contribution in [-0.4, -0.2) is 49.9 Å². The van der Waals surface area contributed by atoms with Gasteiger partial charge >= 0.3 is 0 Å². The monoisotopic (exact) mass is 761 g/mol. The van der Waals surface area contributed by atoms with Gasteiger partial charge in [0.15, 0.2) is 0 Å². The second-order valence-corrected chi connectivity index (χ2v) is 15.2. The lowest BCUT2D eigenvalue weighted by Crippen LogP contribution is -2.48. The molecule has 2 aliphatic carbocycles. The highest BCUT2D eigenvalue weighted by molar-refractivity contribution is 6.32. The summed E-state index contributed by atoms with van der Waals surface area (Å²) in [6.45, 7) is 1.70. The molecule has 6 unspecified atom stereocenters. The first kappa shape index (κ1) is 36.1. The van der Waals surface area contributed by atoms with E-state index in [1.807, 2.05) is 49.3 Å². The molecule has 1 saturated carbocycles. The number of methoxy groups -OCH3 is 1. The lowest BCUT2D eigenvalue weighted by Gasteiger charge is -2.49. The zero-order valence-electron chi connectivity index (χ0n) is 30.4. The molecule has 3 fully saturated rings. The maximum absolute atomic E-state index is 14.6. The summed E-state index contributed by atoms with van der Waals surface area (Å²) in [4.78, 5) is 61.8. The van der Waals surface area contributed by atoms with E-state index < -0.39 is 58.5 Å². The highest BCUT2D eigenvalue weighted by atomic mass is 35.5. The highest BCUT2D eigenvalue weighted by Gasteiger charge is 2.68. The third-order valence-corrected chi connectivity index (χ3v) is 12.0. The Bertz CT molecular complexity index is 2330. The van der Waals surface area contributed by atoms with Crippen molar-refractivity contribution in [1.82, 2.24) is 0 Å². The number of amides is 4. The van der Waals surface area contributed by atoms with Gasteiger partial charge in [-0.05, 0) is 98.5 Å². The van der Waals surface area contributed by atoms with Gasteiger partial charge in [-0.3, -0.25) is 24.1 Å². The molecule has 280 valence electrons. The molecule has 8 rings (SSSR count). The number of allylic oxidation sites excluding steroid dienone is 2. The van der Waals surface area contributed by atoms with Gasteiger partial charge in [0, 0.05) is 37.3 Å². The van der Waals surface area contributed by atoms with E-state index in [1.54, 1.807) is 43.3 Å². The Kier molecular flexibility index (Phi) is 8.83. The number of carbonyl (C=O) groups is 4. The highest BCUT2D eigenvalue weighted by Crippen LogP contribution is 2.64. The number of imide groups is 2. The van der Waals surface area contributed by atoms with Crippen LogP contribution >= 0.6 is 11.6 Å². The van der Waals surface area contributed by atoms with Gasteiger partial charge in [-0.25, -0.2) is 9.29 Å². The van der Waals surface area contributed by atoms with Crippen LogP contribution < -0.4 is 19.4 Å². The van der Waals surface area contributed by atoms with Crippen molar-refractivity contribution in [2.45, 2.75) is 25.7 Å². The maximum atomic E-state index is 14.6. The molecule has 1 N–H and O–H groups in total. The molecule has 11 nitrogen and oxygen atoms in total. The summed E-state index contributed by atoms with van der Waals surface area (Å²) in [5.74, 6) is -6.18. The summed E-state index contributed by atoms with van der Waals surface area (Å²) in [5, 5.41) is 19.8. The third-order valence-electron chi connectivity index (χ3n) is 11.7. The molecular weight excluding hydrogens is 725 g/mol. The van der Waals surface area contributed by atoms with Crippen LogP contribution in [0.4, 0.5) is 32.8 Å².